The Labute approximate surface area is 289 Å². The van der Waals surface area contributed by atoms with Crippen LogP contribution < -0.4 is 44.5 Å². The van der Waals surface area contributed by atoms with Crippen molar-refractivity contribution in [1.82, 2.24) is 16.0 Å². The lowest BCUT2D eigenvalue weighted by molar-refractivity contribution is -0.693. The highest BCUT2D eigenvalue weighted by molar-refractivity contribution is 5.93. The first kappa shape index (κ1) is 42.9. The average Bonchev–Trinajstić information content (AvgIpc) is 3.04. The Morgan fingerprint density at radius 3 is 1.64 bits per heavy atom. The number of carbonyl (C=O) groups is 3. The van der Waals surface area contributed by atoms with Gasteiger partial charge in [-0.3, -0.25) is 4.79 Å². The molecular formula is C34H61IN4O6. The molecule has 0 aliphatic carbocycles. The predicted octanol–water partition coefficient (Wildman–Crippen LogP) is 3.46. The molecule has 11 heteroatoms. The number of amides is 3. The molecule has 0 aromatic carbocycles. The number of ether oxygens (including phenoxy) is 3. The van der Waals surface area contributed by atoms with Gasteiger partial charge in [0.2, 0.25) is 0 Å². The summed E-state index contributed by atoms with van der Waals surface area (Å²) in [6.07, 6.45) is 22.9. The van der Waals surface area contributed by atoms with Crippen LogP contribution in [0.15, 0.2) is 24.5 Å². The Kier molecular flexibility index (Phi) is 29.0. The van der Waals surface area contributed by atoms with Crippen molar-refractivity contribution in [3.05, 3.63) is 30.1 Å². The fraction of sp³-hybridized carbons (Fsp3) is 0.765. The highest BCUT2D eigenvalue weighted by Crippen LogP contribution is 2.13. The minimum absolute atomic E-state index is 0. The van der Waals surface area contributed by atoms with Gasteiger partial charge in [0.1, 0.15) is 31.4 Å². The van der Waals surface area contributed by atoms with Crippen LogP contribution in [-0.2, 0) is 20.8 Å². The summed E-state index contributed by atoms with van der Waals surface area (Å²) in [7, 11) is 1.46. The molecule has 1 aromatic heterocycles. The largest absolute Gasteiger partial charge is 1.00 e. The summed E-state index contributed by atoms with van der Waals surface area (Å²) < 4.78 is 17.5. The first-order chi connectivity index (χ1) is 21.5. The third-order valence-electron chi connectivity index (χ3n) is 7.60. The number of nitrogens with one attached hydrogen (secondary N) is 3. The number of unbranched alkanes of at least 4 members (excludes halogenated alkanes) is 15. The zero-order valence-electron chi connectivity index (χ0n) is 28.2. The van der Waals surface area contributed by atoms with Crippen molar-refractivity contribution >= 4 is 18.1 Å². The number of halogens is 1. The maximum Gasteiger partial charge on any atom is 0.407 e. The number of aromatic nitrogens is 1. The van der Waals surface area contributed by atoms with Gasteiger partial charge in [0.25, 0.3) is 5.91 Å². The van der Waals surface area contributed by atoms with Gasteiger partial charge in [-0.15, -0.1) is 0 Å². The van der Waals surface area contributed by atoms with Gasteiger partial charge in [-0.25, -0.2) is 14.2 Å². The lowest BCUT2D eigenvalue weighted by atomic mass is 10.0. The summed E-state index contributed by atoms with van der Waals surface area (Å²) in [5.41, 5.74) is 0.550. The minimum atomic E-state index is -0.641. The zero-order chi connectivity index (χ0) is 32.1. The standard InChI is InChI=1S/C34H60N4O6.HI/c1-4-6-7-8-9-10-11-12-13-14-15-16-17-18-19-20-23-36-33(40)43-28-31(42-3)29-44-34(41)37-25-24-35-32(39)30-22-21-26-38(5-2)27-30;/h21-22,26-27,31H,4-20,23-25,28-29H2,1-3H3,(H2-,35,36,37,39,40,41);1H. The molecule has 1 heterocycles. The van der Waals surface area contributed by atoms with Crippen molar-refractivity contribution in [2.24, 2.45) is 0 Å². The van der Waals surface area contributed by atoms with Crippen LogP contribution in [0.1, 0.15) is 127 Å². The van der Waals surface area contributed by atoms with Gasteiger partial charge in [-0.05, 0) is 19.4 Å². The van der Waals surface area contributed by atoms with E-state index in [9.17, 15) is 14.4 Å². The van der Waals surface area contributed by atoms with Crippen LogP contribution in [0.3, 0.4) is 0 Å². The second kappa shape index (κ2) is 30.5. The molecule has 0 fully saturated rings. The lowest BCUT2D eigenvalue weighted by Gasteiger charge is -2.16. The van der Waals surface area contributed by atoms with Gasteiger partial charge >= 0.3 is 12.2 Å². The number of rotatable bonds is 27. The highest BCUT2D eigenvalue weighted by Gasteiger charge is 2.14. The Hall–Kier alpha value is -2.15. The van der Waals surface area contributed by atoms with E-state index in [1.807, 2.05) is 23.8 Å². The number of alkyl carbamates (subject to hydrolysis) is 2. The van der Waals surface area contributed by atoms with E-state index in [0.29, 0.717) is 12.1 Å². The van der Waals surface area contributed by atoms with E-state index in [-0.39, 0.29) is 56.2 Å². The van der Waals surface area contributed by atoms with E-state index < -0.39 is 18.3 Å². The number of hydrogen-bond donors (Lipinski definition) is 3. The summed E-state index contributed by atoms with van der Waals surface area (Å²) in [5, 5.41) is 8.09. The van der Waals surface area contributed by atoms with Crippen LogP contribution in [-0.4, -0.2) is 64.2 Å². The smallest absolute Gasteiger partial charge is 0.407 e. The van der Waals surface area contributed by atoms with Crippen molar-refractivity contribution in [2.75, 3.05) is 40.0 Å². The van der Waals surface area contributed by atoms with Gasteiger partial charge in [0.05, 0.1) is 0 Å². The maximum atomic E-state index is 12.2. The fourth-order valence-electron chi connectivity index (χ4n) is 4.78. The quantitative estimate of drug-likeness (QED) is 0.0722. The van der Waals surface area contributed by atoms with Crippen LogP contribution in [0.2, 0.25) is 0 Å². The molecule has 0 aliphatic heterocycles. The lowest BCUT2D eigenvalue weighted by Crippen LogP contribution is -3.00. The molecule has 1 rings (SSSR count). The molecule has 45 heavy (non-hydrogen) atoms. The monoisotopic (exact) mass is 748 g/mol. The minimum Gasteiger partial charge on any atom is -1.00 e. The van der Waals surface area contributed by atoms with Gasteiger partial charge in [0.15, 0.2) is 12.4 Å². The fourth-order valence-corrected chi connectivity index (χ4v) is 4.78. The maximum absolute atomic E-state index is 12.2. The Morgan fingerprint density at radius 2 is 1.16 bits per heavy atom. The predicted molar refractivity (Wildman–Crippen MR) is 174 cm³/mol. The molecular weight excluding hydrogens is 687 g/mol. The van der Waals surface area contributed by atoms with Crippen LogP contribution in [0.4, 0.5) is 9.59 Å². The summed E-state index contributed by atoms with van der Waals surface area (Å²) in [4.78, 5) is 36.2. The molecule has 0 spiro atoms. The second-order valence-electron chi connectivity index (χ2n) is 11.4. The van der Waals surface area contributed by atoms with Crippen molar-refractivity contribution in [2.45, 2.75) is 129 Å². The molecule has 0 bridgehead atoms. The van der Waals surface area contributed by atoms with Crippen molar-refractivity contribution in [1.29, 1.82) is 0 Å². The van der Waals surface area contributed by atoms with Gasteiger partial charge in [0, 0.05) is 32.8 Å². The van der Waals surface area contributed by atoms with E-state index in [1.54, 1.807) is 12.3 Å². The molecule has 0 radical (unpaired) electrons. The first-order valence-corrected chi connectivity index (χ1v) is 17.1. The Morgan fingerprint density at radius 1 is 0.689 bits per heavy atom. The van der Waals surface area contributed by atoms with Crippen LogP contribution in [0.5, 0.6) is 0 Å². The number of pyridine rings is 1. The average molecular weight is 749 g/mol. The van der Waals surface area contributed by atoms with Gasteiger partial charge < -0.3 is 54.1 Å². The molecule has 0 saturated heterocycles. The second-order valence-corrected chi connectivity index (χ2v) is 11.4. The van der Waals surface area contributed by atoms with Crippen LogP contribution in [0, 0.1) is 0 Å². The third kappa shape index (κ3) is 24.7. The molecule has 0 aliphatic rings. The summed E-state index contributed by atoms with van der Waals surface area (Å²) >= 11 is 0. The highest BCUT2D eigenvalue weighted by atomic mass is 127. The molecule has 3 N–H and O–H groups in total. The number of carbonyl (C=O) groups excluding carboxylic acids is 3. The first-order valence-electron chi connectivity index (χ1n) is 17.1. The summed E-state index contributed by atoms with van der Waals surface area (Å²) in [6.45, 7) is 5.98. The summed E-state index contributed by atoms with van der Waals surface area (Å²) in [6, 6.07) is 3.55. The van der Waals surface area contributed by atoms with Gasteiger partial charge in [-0.2, -0.15) is 0 Å². The van der Waals surface area contributed by atoms with E-state index in [0.717, 1.165) is 19.4 Å². The topological polar surface area (TPSA) is 119 Å². The molecule has 1 unspecified atom stereocenters. The third-order valence-corrected chi connectivity index (χ3v) is 7.60. The van der Waals surface area contributed by atoms with Gasteiger partial charge in [-0.1, -0.05) is 103 Å². The number of aryl methyl sites for hydroxylation is 1. The molecule has 1 atom stereocenters. The van der Waals surface area contributed by atoms with E-state index >= 15 is 0 Å². The zero-order valence-corrected chi connectivity index (χ0v) is 30.4. The van der Waals surface area contributed by atoms with Crippen molar-refractivity contribution in [3.8, 4) is 0 Å². The normalized spacial score (nSPS) is 11.3. The van der Waals surface area contributed by atoms with Crippen LogP contribution >= 0.6 is 0 Å². The SMILES string of the molecule is CCCCCCCCCCCCCCCCCCNC(=O)OCC(COC(=O)NCCNC(=O)c1ccc[n+](CC)c1)OC.[I-]. The van der Waals surface area contributed by atoms with Crippen molar-refractivity contribution in [3.63, 3.8) is 0 Å². The number of nitrogens with zero attached hydrogens (tertiary/aromatic N) is 1. The Bertz CT molecular complexity index is 892. The molecule has 260 valence electrons. The number of methoxy groups -OCH3 is 1. The van der Waals surface area contributed by atoms with E-state index in [1.165, 1.54) is 97.0 Å². The molecule has 3 amide bonds. The Balaban J connectivity index is 0.0000194. The van der Waals surface area contributed by atoms with Crippen LogP contribution in [0.25, 0.3) is 0 Å². The summed E-state index contributed by atoms with van der Waals surface area (Å²) in [5.74, 6) is -0.215. The molecule has 1 aromatic rings. The van der Waals surface area contributed by atoms with Crippen molar-refractivity contribution < 1.29 is 57.1 Å². The number of hydrogen-bond acceptors (Lipinski definition) is 6. The molecule has 0 saturated carbocycles. The van der Waals surface area contributed by atoms with E-state index in [4.69, 9.17) is 14.2 Å². The molecule has 10 nitrogen and oxygen atoms in total. The van der Waals surface area contributed by atoms with E-state index in [2.05, 4.69) is 22.9 Å².